The number of hydrogen-bond acceptors (Lipinski definition) is 4. The number of rotatable bonds is 5. The van der Waals surface area contributed by atoms with Gasteiger partial charge in [-0.25, -0.2) is 0 Å². The van der Waals surface area contributed by atoms with E-state index in [1.807, 2.05) is 29.5 Å². The number of thiophene rings is 1. The zero-order chi connectivity index (χ0) is 39.3. The van der Waals surface area contributed by atoms with Crippen molar-refractivity contribution in [1.29, 1.82) is 0 Å². The fourth-order valence-electron chi connectivity index (χ4n) is 9.45. The first kappa shape index (κ1) is 33.3. The number of furan rings is 2. The van der Waals surface area contributed by atoms with Crippen LogP contribution in [0.4, 0.5) is 17.1 Å². The highest BCUT2D eigenvalue weighted by Gasteiger charge is 2.21. The Morgan fingerprint density at radius 3 is 1.82 bits per heavy atom. The second-order valence-electron chi connectivity index (χ2n) is 15.6. The lowest BCUT2D eigenvalue weighted by Crippen LogP contribution is -2.10. The first-order valence-corrected chi connectivity index (χ1v) is 21.1. The Morgan fingerprint density at radius 1 is 0.367 bits per heavy atom. The molecule has 0 amide bonds. The Bertz CT molecular complexity index is 3850. The molecule has 0 unspecified atom stereocenters. The minimum atomic E-state index is 0.859. The van der Waals surface area contributed by atoms with Crippen LogP contribution in [0.15, 0.2) is 209 Å². The van der Waals surface area contributed by atoms with Crippen LogP contribution in [0.3, 0.4) is 0 Å². The van der Waals surface area contributed by atoms with Gasteiger partial charge in [-0.05, 0) is 98.9 Å². The van der Waals surface area contributed by atoms with Gasteiger partial charge in [0, 0.05) is 53.3 Å². The van der Waals surface area contributed by atoms with E-state index in [0.29, 0.717) is 0 Å². The SMILES string of the molecule is c1ccc2c(c1)oc1c(-c3ccc(N(c4ccc5ccc6ccc(-c7cccc8c7sc7ccccc78)cc6c5c4)c4cccc5oc6ccccc6c45)cc3)cccc12. The summed E-state index contributed by atoms with van der Waals surface area (Å²) in [5, 5.41) is 11.9. The van der Waals surface area contributed by atoms with E-state index in [2.05, 4.69) is 187 Å². The Hall–Kier alpha value is -7.66. The molecule has 0 aliphatic rings. The van der Waals surface area contributed by atoms with Gasteiger partial charge < -0.3 is 13.7 Å². The smallest absolute Gasteiger partial charge is 0.143 e. The van der Waals surface area contributed by atoms with Gasteiger partial charge >= 0.3 is 0 Å². The summed E-state index contributed by atoms with van der Waals surface area (Å²) < 4.78 is 15.6. The zero-order valence-electron chi connectivity index (χ0n) is 32.2. The lowest BCUT2D eigenvalue weighted by atomic mass is 9.96. The van der Waals surface area contributed by atoms with Gasteiger partial charge in [0.1, 0.15) is 22.3 Å². The molecule has 0 fully saturated rings. The van der Waals surface area contributed by atoms with Crippen LogP contribution in [0.25, 0.3) is 108 Å². The first-order chi connectivity index (χ1) is 29.7. The Balaban J connectivity index is 1.01. The van der Waals surface area contributed by atoms with Crippen molar-refractivity contribution in [2.45, 2.75) is 0 Å². The molecule has 0 atom stereocenters. The van der Waals surface area contributed by atoms with Gasteiger partial charge in [0.15, 0.2) is 0 Å². The molecule has 4 heteroatoms. The number of benzene rings is 10. The predicted octanol–water partition coefficient (Wildman–Crippen LogP) is 17.0. The highest BCUT2D eigenvalue weighted by molar-refractivity contribution is 7.26. The molecule has 3 heterocycles. The topological polar surface area (TPSA) is 29.5 Å². The van der Waals surface area contributed by atoms with Gasteiger partial charge in [0.25, 0.3) is 0 Å². The molecular weight excluding hydrogens is 751 g/mol. The average molecular weight is 784 g/mol. The Morgan fingerprint density at radius 2 is 0.967 bits per heavy atom. The molecule has 3 nitrogen and oxygen atoms in total. The minimum Gasteiger partial charge on any atom is -0.456 e. The van der Waals surface area contributed by atoms with Crippen LogP contribution >= 0.6 is 11.3 Å². The summed E-state index contributed by atoms with van der Waals surface area (Å²) in [7, 11) is 0. The monoisotopic (exact) mass is 783 g/mol. The van der Waals surface area contributed by atoms with Crippen LogP contribution in [0, 0.1) is 0 Å². The molecule has 0 bridgehead atoms. The summed E-state index contributed by atoms with van der Waals surface area (Å²) in [5.41, 5.74) is 11.4. The largest absolute Gasteiger partial charge is 0.456 e. The van der Waals surface area contributed by atoms with Gasteiger partial charge in [0.2, 0.25) is 0 Å². The van der Waals surface area contributed by atoms with Gasteiger partial charge in [0.05, 0.1) is 11.1 Å². The third-order valence-electron chi connectivity index (χ3n) is 12.3. The summed E-state index contributed by atoms with van der Waals surface area (Å²) in [5.74, 6) is 0. The van der Waals surface area contributed by atoms with Gasteiger partial charge in [-0.2, -0.15) is 0 Å². The molecular formula is C56H33NO2S. The molecule has 3 aromatic heterocycles. The molecule has 13 rings (SSSR count). The number of anilines is 3. The molecule has 0 spiro atoms. The van der Waals surface area contributed by atoms with E-state index in [-0.39, 0.29) is 0 Å². The van der Waals surface area contributed by atoms with Crippen LogP contribution in [0.5, 0.6) is 0 Å². The number of fused-ring (bicyclic) bond motifs is 12. The molecule has 0 aliphatic heterocycles. The van der Waals surface area contributed by atoms with E-state index in [1.54, 1.807) is 0 Å². The summed E-state index contributed by atoms with van der Waals surface area (Å²) in [4.78, 5) is 2.38. The normalized spacial score (nSPS) is 12.0. The quantitative estimate of drug-likeness (QED) is 0.163. The standard InChI is InChI=1S/C56H33NO2S/c1-4-18-50-42(10-1)44-15-7-13-40(55(44)59-50)34-26-29-38(30-27-34)57(49-17-9-20-52-54(49)46-12-2-5-19-51(46)58-52)39-31-28-36-23-22-35-24-25-37(32-47(35)48(36)33-39)41-14-8-16-45-43-11-3-6-21-53(43)60-56(41)45/h1-33H. The van der Waals surface area contributed by atoms with E-state index in [4.69, 9.17) is 8.83 Å². The van der Waals surface area contributed by atoms with Crippen molar-refractivity contribution in [2.24, 2.45) is 0 Å². The van der Waals surface area contributed by atoms with E-state index >= 15 is 0 Å². The molecule has 13 aromatic rings. The van der Waals surface area contributed by atoms with Crippen molar-refractivity contribution in [3.63, 3.8) is 0 Å². The average Bonchev–Trinajstić information content (AvgIpc) is 4.01. The molecule has 60 heavy (non-hydrogen) atoms. The van der Waals surface area contributed by atoms with Crippen LogP contribution < -0.4 is 4.90 Å². The van der Waals surface area contributed by atoms with Gasteiger partial charge in [-0.3, -0.25) is 0 Å². The van der Waals surface area contributed by atoms with E-state index in [9.17, 15) is 0 Å². The van der Waals surface area contributed by atoms with Crippen molar-refractivity contribution in [3.8, 4) is 22.3 Å². The summed E-state index contributed by atoms with van der Waals surface area (Å²) in [6, 6.07) is 72.1. The maximum absolute atomic E-state index is 6.46. The van der Waals surface area contributed by atoms with Crippen molar-refractivity contribution in [3.05, 3.63) is 200 Å². The van der Waals surface area contributed by atoms with Gasteiger partial charge in [-0.15, -0.1) is 11.3 Å². The molecule has 280 valence electrons. The summed E-state index contributed by atoms with van der Waals surface area (Å²) in [6.07, 6.45) is 0. The Kier molecular flexibility index (Phi) is 7.18. The lowest BCUT2D eigenvalue weighted by molar-refractivity contribution is 0.669. The summed E-state index contributed by atoms with van der Waals surface area (Å²) in [6.45, 7) is 0. The molecule has 0 saturated carbocycles. The van der Waals surface area contributed by atoms with Crippen LogP contribution in [0.1, 0.15) is 0 Å². The molecule has 0 saturated heterocycles. The third kappa shape index (κ3) is 5.01. The molecule has 0 radical (unpaired) electrons. The minimum absolute atomic E-state index is 0.859. The molecule has 10 aromatic carbocycles. The van der Waals surface area contributed by atoms with Crippen molar-refractivity contribution < 1.29 is 8.83 Å². The fraction of sp³-hybridized carbons (Fsp3) is 0. The maximum Gasteiger partial charge on any atom is 0.143 e. The highest BCUT2D eigenvalue weighted by atomic mass is 32.1. The molecule has 0 aliphatic carbocycles. The maximum atomic E-state index is 6.46. The number of para-hydroxylation sites is 3. The van der Waals surface area contributed by atoms with E-state index in [1.165, 1.54) is 52.8 Å². The third-order valence-corrected chi connectivity index (χ3v) is 13.5. The van der Waals surface area contributed by atoms with Crippen LogP contribution in [-0.2, 0) is 0 Å². The fourth-order valence-corrected chi connectivity index (χ4v) is 10.7. The van der Waals surface area contributed by atoms with Crippen molar-refractivity contribution in [2.75, 3.05) is 4.90 Å². The predicted molar refractivity (Wildman–Crippen MR) is 254 cm³/mol. The van der Waals surface area contributed by atoms with Crippen LogP contribution in [-0.4, -0.2) is 0 Å². The number of hydrogen-bond donors (Lipinski definition) is 0. The summed E-state index contributed by atoms with van der Waals surface area (Å²) >= 11 is 1.88. The lowest BCUT2D eigenvalue weighted by Gasteiger charge is -2.27. The van der Waals surface area contributed by atoms with Crippen molar-refractivity contribution in [1.82, 2.24) is 0 Å². The second-order valence-corrected chi connectivity index (χ2v) is 16.7. The van der Waals surface area contributed by atoms with Crippen LogP contribution in [0.2, 0.25) is 0 Å². The number of nitrogens with zero attached hydrogens (tertiary/aromatic N) is 1. The van der Waals surface area contributed by atoms with Gasteiger partial charge in [-0.1, -0.05) is 140 Å². The molecule has 0 N–H and O–H groups in total. The Labute approximate surface area is 348 Å². The highest BCUT2D eigenvalue weighted by Crippen LogP contribution is 2.46. The van der Waals surface area contributed by atoms with E-state index < -0.39 is 0 Å². The van der Waals surface area contributed by atoms with E-state index in [0.717, 1.165) is 72.1 Å². The van der Waals surface area contributed by atoms with Crippen molar-refractivity contribution >= 4 is 114 Å². The second kappa shape index (κ2) is 12.9. The zero-order valence-corrected chi connectivity index (χ0v) is 33.0. The first-order valence-electron chi connectivity index (χ1n) is 20.3.